The molecule has 6 aromatic carbocycles. The average Bonchev–Trinajstić information content (AvgIpc) is 3.67. The molecular formula is C40H24N2OS. The Bertz CT molecular complexity index is 2470. The first-order valence-corrected chi connectivity index (χ1v) is 15.5. The fourth-order valence-electron chi connectivity index (χ4n) is 6.23. The summed E-state index contributed by atoms with van der Waals surface area (Å²) in [6.45, 7) is 0. The fraction of sp³-hybridized carbons (Fsp3) is 0. The van der Waals surface area contributed by atoms with Crippen molar-refractivity contribution >= 4 is 53.6 Å². The summed E-state index contributed by atoms with van der Waals surface area (Å²) in [4.78, 5) is 9.33. The van der Waals surface area contributed by atoms with E-state index < -0.39 is 0 Å². The minimum atomic E-state index is 0.707. The number of fused-ring (bicyclic) bond motifs is 6. The Kier molecular flexibility index (Phi) is 5.68. The van der Waals surface area contributed by atoms with Crippen LogP contribution in [-0.4, -0.2) is 9.97 Å². The van der Waals surface area contributed by atoms with E-state index in [1.165, 1.54) is 42.4 Å². The van der Waals surface area contributed by atoms with E-state index in [9.17, 15) is 0 Å². The highest BCUT2D eigenvalue weighted by atomic mass is 32.1. The molecule has 9 aromatic rings. The molecule has 206 valence electrons. The molecule has 0 bridgehead atoms. The Morgan fingerprint density at radius 2 is 1.14 bits per heavy atom. The number of rotatable bonds is 4. The van der Waals surface area contributed by atoms with E-state index in [4.69, 9.17) is 4.42 Å². The maximum atomic E-state index is 6.39. The van der Waals surface area contributed by atoms with Crippen molar-refractivity contribution in [3.63, 3.8) is 0 Å². The van der Waals surface area contributed by atoms with Gasteiger partial charge in [-0.15, -0.1) is 11.3 Å². The van der Waals surface area contributed by atoms with Crippen molar-refractivity contribution in [2.75, 3.05) is 0 Å². The lowest BCUT2D eigenvalue weighted by Gasteiger charge is -2.06. The molecule has 0 unspecified atom stereocenters. The second-order valence-corrected chi connectivity index (χ2v) is 12.1. The molecule has 3 aromatic heterocycles. The topological polar surface area (TPSA) is 38.9 Å². The zero-order valence-corrected chi connectivity index (χ0v) is 24.4. The zero-order chi connectivity index (χ0) is 29.0. The van der Waals surface area contributed by atoms with Gasteiger partial charge in [-0.25, -0.2) is 9.97 Å². The van der Waals surface area contributed by atoms with Gasteiger partial charge in [-0.2, -0.15) is 0 Å². The average molecular weight is 581 g/mol. The molecule has 0 aliphatic heterocycles. The molecule has 0 spiro atoms. The first-order valence-electron chi connectivity index (χ1n) is 14.6. The molecule has 3 heterocycles. The molecule has 0 atom stereocenters. The van der Waals surface area contributed by atoms with E-state index in [1.54, 1.807) is 6.33 Å². The van der Waals surface area contributed by atoms with Crippen molar-refractivity contribution < 1.29 is 4.42 Å². The van der Waals surface area contributed by atoms with Crippen molar-refractivity contribution in [2.24, 2.45) is 0 Å². The molecule has 0 N–H and O–H groups in total. The van der Waals surface area contributed by atoms with Gasteiger partial charge in [0, 0.05) is 31.1 Å². The highest BCUT2D eigenvalue weighted by molar-refractivity contribution is 7.26. The second-order valence-electron chi connectivity index (χ2n) is 11.0. The quantitative estimate of drug-likeness (QED) is 0.208. The van der Waals surface area contributed by atoms with Crippen LogP contribution in [0.3, 0.4) is 0 Å². The summed E-state index contributed by atoms with van der Waals surface area (Å²) in [6, 6.07) is 49.3. The lowest BCUT2D eigenvalue weighted by Crippen LogP contribution is -1.87. The summed E-state index contributed by atoms with van der Waals surface area (Å²) in [5.41, 5.74) is 11.3. The van der Waals surface area contributed by atoms with Gasteiger partial charge in [0.05, 0.1) is 0 Å². The first kappa shape index (κ1) is 25.0. The van der Waals surface area contributed by atoms with Gasteiger partial charge >= 0.3 is 0 Å². The summed E-state index contributed by atoms with van der Waals surface area (Å²) >= 11 is 1.85. The van der Waals surface area contributed by atoms with Gasteiger partial charge < -0.3 is 4.42 Å². The fourth-order valence-corrected chi connectivity index (χ4v) is 7.47. The third kappa shape index (κ3) is 4.03. The molecule has 0 aliphatic rings. The minimum Gasteiger partial charge on any atom is -0.452 e. The molecule has 0 fully saturated rings. The number of hydrogen-bond acceptors (Lipinski definition) is 4. The minimum absolute atomic E-state index is 0.707. The SMILES string of the molecule is c1ccc(-c2ccc(-c3ccc4oc5c(-c6ccc(-c7cccc8c7sc7ccccc78)cc6)ncnc5c4c3)cc2)cc1. The summed E-state index contributed by atoms with van der Waals surface area (Å²) in [6.07, 6.45) is 1.64. The Balaban J connectivity index is 1.08. The third-order valence-corrected chi connectivity index (χ3v) is 9.67. The van der Waals surface area contributed by atoms with Gasteiger partial charge in [-0.3, -0.25) is 0 Å². The Morgan fingerprint density at radius 3 is 1.98 bits per heavy atom. The van der Waals surface area contributed by atoms with Crippen molar-refractivity contribution in [3.8, 4) is 44.6 Å². The van der Waals surface area contributed by atoms with Crippen LogP contribution < -0.4 is 0 Å². The van der Waals surface area contributed by atoms with E-state index in [1.807, 2.05) is 23.5 Å². The van der Waals surface area contributed by atoms with E-state index >= 15 is 0 Å². The normalized spacial score (nSPS) is 11.6. The highest BCUT2D eigenvalue weighted by Crippen LogP contribution is 2.41. The summed E-state index contributed by atoms with van der Waals surface area (Å²) in [5.74, 6) is 0. The Labute approximate surface area is 257 Å². The maximum Gasteiger partial charge on any atom is 0.180 e. The van der Waals surface area contributed by atoms with Crippen LogP contribution in [0.2, 0.25) is 0 Å². The Hall–Kier alpha value is -5.58. The van der Waals surface area contributed by atoms with Crippen molar-refractivity contribution in [1.82, 2.24) is 9.97 Å². The number of hydrogen-bond donors (Lipinski definition) is 0. The van der Waals surface area contributed by atoms with Crippen molar-refractivity contribution in [2.45, 2.75) is 0 Å². The summed E-state index contributed by atoms with van der Waals surface area (Å²) in [7, 11) is 0. The predicted molar refractivity (Wildman–Crippen MR) is 184 cm³/mol. The molecule has 9 rings (SSSR count). The number of thiophene rings is 1. The summed E-state index contributed by atoms with van der Waals surface area (Å²) in [5, 5.41) is 3.60. The molecule has 0 saturated heterocycles. The molecule has 0 amide bonds. The molecule has 3 nitrogen and oxygen atoms in total. The van der Waals surface area contributed by atoms with E-state index in [-0.39, 0.29) is 0 Å². The van der Waals surface area contributed by atoms with Crippen LogP contribution >= 0.6 is 11.3 Å². The van der Waals surface area contributed by atoms with Crippen LogP contribution in [-0.2, 0) is 0 Å². The molecule has 0 radical (unpaired) electrons. The lowest BCUT2D eigenvalue weighted by atomic mass is 9.99. The lowest BCUT2D eigenvalue weighted by molar-refractivity contribution is 0.667. The van der Waals surface area contributed by atoms with Crippen LogP contribution in [0.1, 0.15) is 0 Å². The molecule has 0 aliphatic carbocycles. The zero-order valence-electron chi connectivity index (χ0n) is 23.6. The van der Waals surface area contributed by atoms with Gasteiger partial charge in [0.2, 0.25) is 0 Å². The van der Waals surface area contributed by atoms with Gasteiger partial charge in [0.1, 0.15) is 23.1 Å². The number of nitrogens with zero attached hydrogens (tertiary/aromatic N) is 2. The van der Waals surface area contributed by atoms with Crippen LogP contribution in [0, 0.1) is 0 Å². The Morgan fingerprint density at radius 1 is 0.477 bits per heavy atom. The van der Waals surface area contributed by atoms with Gasteiger partial charge in [0.15, 0.2) is 5.58 Å². The number of furan rings is 1. The van der Waals surface area contributed by atoms with Gasteiger partial charge in [0.25, 0.3) is 0 Å². The van der Waals surface area contributed by atoms with Crippen LogP contribution in [0.25, 0.3) is 86.9 Å². The summed E-state index contributed by atoms with van der Waals surface area (Å²) < 4.78 is 9.01. The van der Waals surface area contributed by atoms with E-state index in [0.717, 1.165) is 38.9 Å². The number of aromatic nitrogens is 2. The van der Waals surface area contributed by atoms with E-state index in [0.29, 0.717) is 5.58 Å². The molecule has 44 heavy (non-hydrogen) atoms. The smallest absolute Gasteiger partial charge is 0.180 e. The molecule has 0 saturated carbocycles. The first-order chi connectivity index (χ1) is 21.8. The predicted octanol–water partition coefficient (Wildman–Crippen LogP) is 11.4. The van der Waals surface area contributed by atoms with Crippen LogP contribution in [0.4, 0.5) is 0 Å². The maximum absolute atomic E-state index is 6.39. The second kappa shape index (κ2) is 10.0. The van der Waals surface area contributed by atoms with Gasteiger partial charge in [-0.05, 0) is 51.6 Å². The molecule has 4 heteroatoms. The molecular weight excluding hydrogens is 557 g/mol. The largest absolute Gasteiger partial charge is 0.452 e. The van der Waals surface area contributed by atoms with Crippen molar-refractivity contribution in [3.05, 3.63) is 146 Å². The standard InChI is InChI=1S/C40H24N2OS/c1-2-7-25(8-3-1)26-13-15-27(16-14-26)30-21-22-35-34(23-30)38-39(43-35)37(41-24-42-38)29-19-17-28(18-20-29)31-10-6-11-33-32-9-4-5-12-36(32)44-40(31)33/h1-24H. The van der Waals surface area contributed by atoms with Gasteiger partial charge in [-0.1, -0.05) is 121 Å². The highest BCUT2D eigenvalue weighted by Gasteiger charge is 2.16. The number of benzene rings is 6. The van der Waals surface area contributed by atoms with Crippen LogP contribution in [0.5, 0.6) is 0 Å². The van der Waals surface area contributed by atoms with E-state index in [2.05, 4.69) is 137 Å². The monoisotopic (exact) mass is 580 g/mol. The van der Waals surface area contributed by atoms with Crippen molar-refractivity contribution in [1.29, 1.82) is 0 Å². The third-order valence-electron chi connectivity index (χ3n) is 8.45. The van der Waals surface area contributed by atoms with Crippen LogP contribution in [0.15, 0.2) is 150 Å².